The summed E-state index contributed by atoms with van der Waals surface area (Å²) in [4.78, 5) is 35.1. The molecule has 0 fully saturated rings. The van der Waals surface area contributed by atoms with Crippen molar-refractivity contribution in [1.29, 1.82) is 0 Å². The van der Waals surface area contributed by atoms with Gasteiger partial charge in [-0.05, 0) is 89.9 Å². The van der Waals surface area contributed by atoms with E-state index in [4.69, 9.17) is 24.3 Å². The summed E-state index contributed by atoms with van der Waals surface area (Å²) >= 11 is 0. The molecule has 0 aliphatic carbocycles. The van der Waals surface area contributed by atoms with Crippen LogP contribution in [0.5, 0.6) is 0 Å². The minimum absolute atomic E-state index is 0.0465. The van der Waals surface area contributed by atoms with Gasteiger partial charge in [0.15, 0.2) is 6.10 Å². The van der Waals surface area contributed by atoms with E-state index in [-0.39, 0.29) is 38.6 Å². The van der Waals surface area contributed by atoms with E-state index in [0.29, 0.717) is 6.42 Å². The Kier molecular flexibility index (Phi) is 48.4. The average molecular weight is 930 g/mol. The molecule has 0 aromatic rings. The lowest BCUT2D eigenvalue weighted by Crippen LogP contribution is -2.29. The van der Waals surface area contributed by atoms with Crippen LogP contribution in [0.1, 0.15) is 219 Å². The third-order valence-electron chi connectivity index (χ3n) is 10.8. The van der Waals surface area contributed by atoms with E-state index in [2.05, 4.69) is 98.9 Å². The molecule has 0 radical (unpaired) electrons. The number of nitrogens with two attached hydrogens (primary N) is 1. The van der Waals surface area contributed by atoms with Crippen molar-refractivity contribution in [3.05, 3.63) is 85.1 Å². The topological polar surface area (TPSA) is 134 Å². The van der Waals surface area contributed by atoms with Gasteiger partial charge in [0, 0.05) is 19.4 Å². The predicted octanol–water partition coefficient (Wildman–Crippen LogP) is 16.0. The molecule has 374 valence electrons. The molecule has 2 unspecified atom stereocenters. The number of allylic oxidation sites excluding steroid dienone is 14. The summed E-state index contributed by atoms with van der Waals surface area (Å²) in [5.74, 6) is -0.849. The van der Waals surface area contributed by atoms with Crippen LogP contribution in [0.15, 0.2) is 85.1 Å². The maximum absolute atomic E-state index is 12.7. The van der Waals surface area contributed by atoms with Crippen LogP contribution in [0.3, 0.4) is 0 Å². The Balaban J connectivity index is 4.10. The van der Waals surface area contributed by atoms with E-state index in [1.807, 2.05) is 0 Å². The fraction of sp³-hybridized carbons (Fsp3) is 0.709. The highest BCUT2D eigenvalue weighted by Gasteiger charge is 2.26. The molecule has 0 heterocycles. The van der Waals surface area contributed by atoms with Gasteiger partial charge in [0.1, 0.15) is 6.61 Å². The van der Waals surface area contributed by atoms with Gasteiger partial charge in [-0.1, -0.05) is 202 Å². The number of carbonyl (C=O) groups is 2. The second-order valence-corrected chi connectivity index (χ2v) is 18.5. The van der Waals surface area contributed by atoms with Gasteiger partial charge in [-0.15, -0.1) is 0 Å². The number of rotatable bonds is 48. The van der Waals surface area contributed by atoms with Crippen LogP contribution in [0.25, 0.3) is 0 Å². The summed E-state index contributed by atoms with van der Waals surface area (Å²) in [5.41, 5.74) is 5.37. The van der Waals surface area contributed by atoms with Crippen molar-refractivity contribution >= 4 is 19.8 Å². The second-order valence-electron chi connectivity index (χ2n) is 17.0. The molecule has 3 N–H and O–H groups in total. The summed E-state index contributed by atoms with van der Waals surface area (Å²) in [7, 11) is -4.39. The van der Waals surface area contributed by atoms with Gasteiger partial charge in [0.25, 0.3) is 0 Å². The zero-order valence-electron chi connectivity index (χ0n) is 41.4. The molecule has 0 aliphatic rings. The van der Waals surface area contributed by atoms with Gasteiger partial charge in [-0.3, -0.25) is 18.6 Å². The molecule has 0 aromatic carbocycles. The summed E-state index contributed by atoms with van der Waals surface area (Å²) in [5, 5.41) is 0. The first-order valence-corrected chi connectivity index (χ1v) is 27.6. The lowest BCUT2D eigenvalue weighted by Gasteiger charge is -2.19. The van der Waals surface area contributed by atoms with E-state index in [0.717, 1.165) is 96.3 Å². The number of hydrogen-bond donors (Lipinski definition) is 2. The predicted molar refractivity (Wildman–Crippen MR) is 275 cm³/mol. The van der Waals surface area contributed by atoms with E-state index < -0.39 is 26.5 Å². The van der Waals surface area contributed by atoms with Crippen molar-refractivity contribution in [1.82, 2.24) is 0 Å². The fourth-order valence-corrected chi connectivity index (χ4v) is 7.69. The maximum Gasteiger partial charge on any atom is 0.472 e. The minimum atomic E-state index is -4.39. The monoisotopic (exact) mass is 930 g/mol. The lowest BCUT2D eigenvalue weighted by atomic mass is 10.1. The molecule has 0 aliphatic heterocycles. The first-order valence-electron chi connectivity index (χ1n) is 26.1. The van der Waals surface area contributed by atoms with Gasteiger partial charge in [0.05, 0.1) is 13.2 Å². The zero-order chi connectivity index (χ0) is 47.4. The summed E-state index contributed by atoms with van der Waals surface area (Å²) in [6.07, 6.45) is 64.7. The second kappa shape index (κ2) is 50.6. The molecule has 65 heavy (non-hydrogen) atoms. The van der Waals surface area contributed by atoms with E-state index >= 15 is 0 Å². The van der Waals surface area contributed by atoms with E-state index in [1.54, 1.807) is 0 Å². The molecule has 10 heteroatoms. The average Bonchev–Trinajstić information content (AvgIpc) is 3.30. The van der Waals surface area contributed by atoms with Crippen LogP contribution in [-0.2, 0) is 32.7 Å². The Morgan fingerprint density at radius 3 is 1.28 bits per heavy atom. The van der Waals surface area contributed by atoms with Crippen molar-refractivity contribution in [3.63, 3.8) is 0 Å². The molecule has 0 bridgehead atoms. The third kappa shape index (κ3) is 50.4. The normalized spacial score (nSPS) is 13.8. The van der Waals surface area contributed by atoms with Crippen LogP contribution in [0.2, 0.25) is 0 Å². The van der Waals surface area contributed by atoms with Crippen molar-refractivity contribution < 1.29 is 37.6 Å². The van der Waals surface area contributed by atoms with Gasteiger partial charge >= 0.3 is 19.8 Å². The first-order chi connectivity index (χ1) is 31.8. The molecular weight excluding hydrogens is 834 g/mol. The highest BCUT2D eigenvalue weighted by atomic mass is 31.2. The van der Waals surface area contributed by atoms with Crippen LogP contribution in [0.4, 0.5) is 0 Å². The van der Waals surface area contributed by atoms with Gasteiger partial charge in [-0.25, -0.2) is 4.57 Å². The Morgan fingerprint density at radius 1 is 0.477 bits per heavy atom. The number of unbranched alkanes of at least 4 members (excludes halogenated alkanes) is 21. The molecule has 0 rings (SSSR count). The Bertz CT molecular complexity index is 1340. The molecule has 9 nitrogen and oxygen atoms in total. The highest BCUT2D eigenvalue weighted by molar-refractivity contribution is 7.47. The van der Waals surface area contributed by atoms with Crippen molar-refractivity contribution in [2.75, 3.05) is 26.4 Å². The van der Waals surface area contributed by atoms with Crippen LogP contribution < -0.4 is 5.73 Å². The number of phosphoric acid groups is 1. The fourth-order valence-electron chi connectivity index (χ4n) is 6.93. The van der Waals surface area contributed by atoms with Gasteiger partial charge in [0.2, 0.25) is 0 Å². The number of esters is 2. The summed E-state index contributed by atoms with van der Waals surface area (Å²) in [6, 6.07) is 0. The van der Waals surface area contributed by atoms with Crippen molar-refractivity contribution in [2.45, 2.75) is 225 Å². The number of carbonyl (C=O) groups excluding carboxylic acids is 2. The van der Waals surface area contributed by atoms with Crippen LogP contribution in [-0.4, -0.2) is 49.3 Å². The lowest BCUT2D eigenvalue weighted by molar-refractivity contribution is -0.161. The summed E-state index contributed by atoms with van der Waals surface area (Å²) in [6.45, 7) is 3.60. The molecule has 0 aromatic heterocycles. The molecule has 0 saturated heterocycles. The standard InChI is InChI=1S/C55H96NO8P/c1-3-5-7-9-11-13-15-17-19-21-23-24-25-26-27-28-30-32-34-36-38-40-42-44-46-48-55(58)64-53(52-63-65(59,60)62-50-49-56)51-61-54(57)47-45-43-41-39-37-35-33-31-29-22-20-18-16-14-12-10-8-6-4-2/h5,7,11,13,17-20,23-24,26-27,30,32,53H,3-4,6,8-10,12,14-16,21-22,25,28-29,31,33-52,56H2,1-2H3,(H,59,60)/b7-5-,13-11-,19-17-,20-18-,24-23-,27-26-,32-30-. The quantitative estimate of drug-likeness (QED) is 0.0265. The van der Waals surface area contributed by atoms with E-state index in [1.165, 1.54) is 89.9 Å². The SMILES string of the molecule is CC/C=C\C/C=C\C/C=C\C/C=C\C/C=C\C/C=C\CCCCCCCCC(=O)OC(COC(=O)CCCCCCCCCCC/C=C\CCCCCCCC)COP(=O)(O)OCCN. The van der Waals surface area contributed by atoms with Gasteiger partial charge < -0.3 is 20.1 Å². The van der Waals surface area contributed by atoms with E-state index in [9.17, 15) is 19.0 Å². The smallest absolute Gasteiger partial charge is 0.462 e. The minimum Gasteiger partial charge on any atom is -0.462 e. The molecule has 0 amide bonds. The number of hydrogen-bond acceptors (Lipinski definition) is 8. The molecule has 2 atom stereocenters. The first kappa shape index (κ1) is 62.2. The Morgan fingerprint density at radius 2 is 0.846 bits per heavy atom. The van der Waals surface area contributed by atoms with Crippen LogP contribution >= 0.6 is 7.82 Å². The molecular formula is C55H96NO8P. The van der Waals surface area contributed by atoms with Crippen LogP contribution in [0, 0.1) is 0 Å². The largest absolute Gasteiger partial charge is 0.472 e. The highest BCUT2D eigenvalue weighted by Crippen LogP contribution is 2.43. The maximum atomic E-state index is 12.7. The summed E-state index contributed by atoms with van der Waals surface area (Å²) < 4.78 is 32.9. The number of phosphoric ester groups is 1. The Labute approximate surface area is 398 Å². The molecule has 0 saturated carbocycles. The third-order valence-corrected chi connectivity index (χ3v) is 11.7. The zero-order valence-corrected chi connectivity index (χ0v) is 42.3. The molecule has 0 spiro atoms. The van der Waals surface area contributed by atoms with Gasteiger partial charge in [-0.2, -0.15) is 0 Å². The Hall–Kier alpha value is -2.81. The van der Waals surface area contributed by atoms with Crippen molar-refractivity contribution in [2.24, 2.45) is 5.73 Å². The van der Waals surface area contributed by atoms with Crippen molar-refractivity contribution in [3.8, 4) is 0 Å². The number of ether oxygens (including phenoxy) is 2.